The normalized spacial score (nSPS) is 11.3. The Bertz CT molecular complexity index is 425. The average Bonchev–Trinajstić information content (AvgIpc) is 2.28. The topological polar surface area (TPSA) is 75.0 Å². The molecule has 0 aliphatic rings. The molecule has 0 aliphatic heterocycles. The number of rotatable bonds is 6. The van der Waals surface area contributed by atoms with Crippen molar-refractivity contribution in [3.63, 3.8) is 0 Å². The largest absolute Gasteiger partial charge is 0.354 e. The molecule has 0 saturated heterocycles. The molecule has 1 heterocycles. The van der Waals surface area contributed by atoms with E-state index in [1.54, 1.807) is 6.07 Å². The summed E-state index contributed by atoms with van der Waals surface area (Å²) in [6, 6.07) is 1.86. The molecule has 5 nitrogen and oxygen atoms in total. The van der Waals surface area contributed by atoms with Gasteiger partial charge in [0.2, 0.25) is 0 Å². The number of hydrogen-bond acceptors (Lipinski definition) is 4. The number of hydrogen-bond donors (Lipinski definition) is 2. The smallest absolute Gasteiger partial charge is 0.252 e. The van der Waals surface area contributed by atoms with Crippen LogP contribution in [0.2, 0.25) is 0 Å². The minimum Gasteiger partial charge on any atom is -0.354 e. The van der Waals surface area contributed by atoms with Gasteiger partial charge in [-0.3, -0.25) is 4.79 Å². The summed E-state index contributed by atoms with van der Waals surface area (Å²) in [4.78, 5) is 21.1. The molecule has 0 atom stereocenters. The van der Waals surface area contributed by atoms with E-state index < -0.39 is 0 Å². The van der Waals surface area contributed by atoms with E-state index in [4.69, 9.17) is 5.73 Å². The molecule has 18 heavy (non-hydrogen) atoms. The van der Waals surface area contributed by atoms with Gasteiger partial charge in [0.1, 0.15) is 11.6 Å². The highest BCUT2D eigenvalue weighted by Gasteiger charge is 2.14. The van der Waals surface area contributed by atoms with E-state index in [0.29, 0.717) is 12.6 Å². The third kappa shape index (κ3) is 3.84. The Hall–Kier alpha value is -1.36. The molecule has 0 saturated carbocycles. The molecule has 1 rings (SSSR count). The number of aromatic nitrogens is 2. The van der Waals surface area contributed by atoms with Crippen LogP contribution in [0.25, 0.3) is 0 Å². The molecule has 0 amide bonds. The van der Waals surface area contributed by atoms with Gasteiger partial charge in [0, 0.05) is 24.6 Å². The highest BCUT2D eigenvalue weighted by Crippen LogP contribution is 2.15. The Labute approximate surface area is 108 Å². The maximum Gasteiger partial charge on any atom is 0.252 e. The minimum atomic E-state index is -0.0953. The van der Waals surface area contributed by atoms with Gasteiger partial charge in [0.05, 0.1) is 0 Å². The summed E-state index contributed by atoms with van der Waals surface area (Å²) in [7, 11) is 0. The SMILES string of the molecule is CC(C)c1nc(N(CCCN)C(C)C)cc(=O)[nH]1. The van der Waals surface area contributed by atoms with Gasteiger partial charge in [-0.2, -0.15) is 0 Å². The van der Waals surface area contributed by atoms with Crippen LogP contribution in [-0.2, 0) is 0 Å². The molecule has 0 radical (unpaired) electrons. The fraction of sp³-hybridized carbons (Fsp3) is 0.692. The van der Waals surface area contributed by atoms with E-state index in [1.807, 2.05) is 13.8 Å². The molecule has 102 valence electrons. The van der Waals surface area contributed by atoms with Gasteiger partial charge in [-0.05, 0) is 26.8 Å². The van der Waals surface area contributed by atoms with Gasteiger partial charge in [0.15, 0.2) is 0 Å². The first kappa shape index (κ1) is 14.7. The van der Waals surface area contributed by atoms with Crippen LogP contribution in [0.15, 0.2) is 10.9 Å². The lowest BCUT2D eigenvalue weighted by Crippen LogP contribution is -2.34. The summed E-state index contributed by atoms with van der Waals surface area (Å²) in [6.45, 7) is 9.68. The van der Waals surface area contributed by atoms with Gasteiger partial charge < -0.3 is 15.6 Å². The standard InChI is InChI=1S/C13H24N4O/c1-9(2)13-15-11(8-12(18)16-13)17(10(3)4)7-5-6-14/h8-10H,5-7,14H2,1-4H3,(H,15,16,18). The molecule has 1 aromatic heterocycles. The Morgan fingerprint density at radius 1 is 1.39 bits per heavy atom. The van der Waals surface area contributed by atoms with Crippen LogP contribution in [0.3, 0.4) is 0 Å². The first-order chi connectivity index (χ1) is 8.45. The summed E-state index contributed by atoms with van der Waals surface area (Å²) in [5, 5.41) is 0. The summed E-state index contributed by atoms with van der Waals surface area (Å²) in [5.41, 5.74) is 5.45. The summed E-state index contributed by atoms with van der Waals surface area (Å²) in [5.74, 6) is 1.68. The van der Waals surface area contributed by atoms with Crippen LogP contribution < -0.4 is 16.2 Å². The summed E-state index contributed by atoms with van der Waals surface area (Å²) in [6.07, 6.45) is 0.893. The van der Waals surface area contributed by atoms with Crippen LogP contribution >= 0.6 is 0 Å². The van der Waals surface area contributed by atoms with Crippen molar-refractivity contribution in [1.82, 2.24) is 9.97 Å². The molecule has 0 aliphatic carbocycles. The number of nitrogens with zero attached hydrogens (tertiary/aromatic N) is 2. The molecule has 0 unspecified atom stereocenters. The maximum atomic E-state index is 11.7. The Morgan fingerprint density at radius 2 is 2.06 bits per heavy atom. The Morgan fingerprint density at radius 3 is 2.56 bits per heavy atom. The van der Waals surface area contributed by atoms with Crippen LogP contribution in [0.5, 0.6) is 0 Å². The molecule has 0 fully saturated rings. The van der Waals surface area contributed by atoms with Crippen molar-refractivity contribution in [1.29, 1.82) is 0 Å². The van der Waals surface area contributed by atoms with E-state index in [0.717, 1.165) is 24.6 Å². The second kappa shape index (κ2) is 6.54. The second-order valence-corrected chi connectivity index (χ2v) is 5.07. The van der Waals surface area contributed by atoms with E-state index in [2.05, 4.69) is 28.7 Å². The number of H-pyrrole nitrogens is 1. The summed E-state index contributed by atoms with van der Waals surface area (Å²) < 4.78 is 0. The Balaban J connectivity index is 3.07. The molecule has 0 aromatic carbocycles. The lowest BCUT2D eigenvalue weighted by Gasteiger charge is -2.28. The molecule has 1 aromatic rings. The van der Waals surface area contributed by atoms with Crippen molar-refractivity contribution in [2.24, 2.45) is 5.73 Å². The summed E-state index contributed by atoms with van der Waals surface area (Å²) >= 11 is 0. The predicted octanol–water partition coefficient (Wildman–Crippen LogP) is 1.46. The quantitative estimate of drug-likeness (QED) is 0.803. The molecule has 0 spiro atoms. The van der Waals surface area contributed by atoms with E-state index in [1.165, 1.54) is 0 Å². The van der Waals surface area contributed by atoms with Gasteiger partial charge in [-0.25, -0.2) is 4.98 Å². The Kier molecular flexibility index (Phi) is 5.34. The number of anilines is 1. The van der Waals surface area contributed by atoms with Crippen molar-refractivity contribution in [3.8, 4) is 0 Å². The lowest BCUT2D eigenvalue weighted by molar-refractivity contribution is 0.640. The van der Waals surface area contributed by atoms with E-state index in [9.17, 15) is 4.79 Å². The maximum absolute atomic E-state index is 11.7. The fourth-order valence-corrected chi connectivity index (χ4v) is 1.78. The van der Waals surface area contributed by atoms with Crippen molar-refractivity contribution in [3.05, 3.63) is 22.2 Å². The van der Waals surface area contributed by atoms with Gasteiger partial charge in [0.25, 0.3) is 5.56 Å². The van der Waals surface area contributed by atoms with Crippen LogP contribution in [0.4, 0.5) is 5.82 Å². The highest BCUT2D eigenvalue weighted by atomic mass is 16.1. The molecule has 0 bridgehead atoms. The number of nitrogens with two attached hydrogens (primary N) is 1. The number of nitrogens with one attached hydrogen (secondary N) is 1. The van der Waals surface area contributed by atoms with Gasteiger partial charge >= 0.3 is 0 Å². The molecule has 5 heteroatoms. The van der Waals surface area contributed by atoms with Gasteiger partial charge in [-0.15, -0.1) is 0 Å². The predicted molar refractivity (Wildman–Crippen MR) is 75.1 cm³/mol. The second-order valence-electron chi connectivity index (χ2n) is 5.07. The molecular weight excluding hydrogens is 228 g/mol. The van der Waals surface area contributed by atoms with E-state index >= 15 is 0 Å². The lowest BCUT2D eigenvalue weighted by atomic mass is 10.2. The molecular formula is C13H24N4O. The first-order valence-electron chi connectivity index (χ1n) is 6.53. The highest BCUT2D eigenvalue weighted by molar-refractivity contribution is 5.38. The number of aromatic amines is 1. The van der Waals surface area contributed by atoms with Crippen molar-refractivity contribution in [2.45, 2.75) is 46.1 Å². The fourth-order valence-electron chi connectivity index (χ4n) is 1.78. The monoisotopic (exact) mass is 252 g/mol. The van der Waals surface area contributed by atoms with Crippen LogP contribution in [0.1, 0.15) is 45.9 Å². The minimum absolute atomic E-state index is 0.0953. The van der Waals surface area contributed by atoms with E-state index in [-0.39, 0.29) is 11.5 Å². The van der Waals surface area contributed by atoms with Crippen molar-refractivity contribution in [2.75, 3.05) is 18.0 Å². The van der Waals surface area contributed by atoms with Gasteiger partial charge in [-0.1, -0.05) is 13.8 Å². The van der Waals surface area contributed by atoms with Crippen molar-refractivity contribution >= 4 is 5.82 Å². The molecule has 3 N–H and O–H groups in total. The third-order valence-corrected chi connectivity index (χ3v) is 2.81. The zero-order chi connectivity index (χ0) is 13.7. The van der Waals surface area contributed by atoms with Crippen molar-refractivity contribution < 1.29 is 0 Å². The van der Waals surface area contributed by atoms with Crippen LogP contribution in [0, 0.1) is 0 Å². The first-order valence-corrected chi connectivity index (χ1v) is 6.53. The zero-order valence-corrected chi connectivity index (χ0v) is 11.7. The zero-order valence-electron chi connectivity index (χ0n) is 11.7. The average molecular weight is 252 g/mol. The van der Waals surface area contributed by atoms with Crippen LogP contribution in [-0.4, -0.2) is 29.1 Å². The third-order valence-electron chi connectivity index (χ3n) is 2.81.